The number of likely N-dealkylation sites (N-methyl/N-ethyl adjacent to an activating group) is 1. The van der Waals surface area contributed by atoms with Crippen molar-refractivity contribution in [1.29, 1.82) is 0 Å². The van der Waals surface area contributed by atoms with Gasteiger partial charge >= 0.3 is 0 Å². The molecule has 5 heterocycles. The lowest BCUT2D eigenvalue weighted by Gasteiger charge is -2.33. The molecule has 1 fully saturated rings. The van der Waals surface area contributed by atoms with Crippen molar-refractivity contribution in [1.82, 2.24) is 40.0 Å². The van der Waals surface area contributed by atoms with Crippen LogP contribution in [0.5, 0.6) is 0 Å². The fourth-order valence-corrected chi connectivity index (χ4v) is 5.91. The second-order valence-corrected chi connectivity index (χ2v) is 12.0. The number of anilines is 3. The van der Waals surface area contributed by atoms with E-state index in [-0.39, 0.29) is 12.5 Å². The largest absolute Gasteiger partial charge is 0.394 e. The molecule has 2 aliphatic rings. The van der Waals surface area contributed by atoms with Crippen LogP contribution in [0.25, 0.3) is 11.3 Å². The molecule has 1 aromatic carbocycles. The van der Waals surface area contributed by atoms with Gasteiger partial charge in [-0.05, 0) is 50.7 Å². The van der Waals surface area contributed by atoms with Gasteiger partial charge in [-0.15, -0.1) is 0 Å². The third-order valence-corrected chi connectivity index (χ3v) is 8.72. The number of aryl methyl sites for hydroxylation is 1. The topological polar surface area (TPSA) is 156 Å². The number of rotatable bonds is 9. The van der Waals surface area contributed by atoms with Gasteiger partial charge in [0.05, 0.1) is 41.3 Å². The lowest BCUT2D eigenvalue weighted by molar-refractivity contribution is -0.131. The third kappa shape index (κ3) is 6.78. The van der Waals surface area contributed by atoms with Gasteiger partial charge in [0.1, 0.15) is 23.7 Å². The van der Waals surface area contributed by atoms with E-state index < -0.39 is 18.3 Å². The van der Waals surface area contributed by atoms with Crippen LogP contribution >= 0.6 is 11.6 Å². The molecule has 0 spiro atoms. The molecular formula is C32H37ClN10O3. The van der Waals surface area contributed by atoms with Crippen LogP contribution in [0.2, 0.25) is 5.02 Å². The molecule has 240 valence electrons. The molecule has 14 heteroatoms. The molecule has 1 saturated heterocycles. The highest BCUT2D eigenvalue weighted by Gasteiger charge is 2.36. The number of benzene rings is 1. The van der Waals surface area contributed by atoms with Gasteiger partial charge in [0, 0.05) is 50.0 Å². The maximum absolute atomic E-state index is 13.5. The van der Waals surface area contributed by atoms with Crippen LogP contribution in [0.3, 0.4) is 0 Å². The normalized spacial score (nSPS) is 18.2. The minimum Gasteiger partial charge on any atom is -0.394 e. The molecule has 6 rings (SSSR count). The van der Waals surface area contributed by atoms with E-state index in [1.807, 2.05) is 30.3 Å². The van der Waals surface area contributed by atoms with E-state index in [0.717, 1.165) is 37.6 Å². The van der Waals surface area contributed by atoms with E-state index in [1.165, 1.54) is 6.20 Å². The fourth-order valence-electron chi connectivity index (χ4n) is 5.71. The number of fused-ring (bicyclic) bond motifs is 1. The van der Waals surface area contributed by atoms with Gasteiger partial charge in [-0.3, -0.25) is 9.69 Å². The fraction of sp³-hybridized carbons (Fsp3) is 0.375. The summed E-state index contributed by atoms with van der Waals surface area (Å²) in [5.41, 5.74) is 3.31. The first-order valence-electron chi connectivity index (χ1n) is 15.2. The first-order valence-corrected chi connectivity index (χ1v) is 15.6. The number of carbonyl (C=O) groups excluding carboxylic acids is 1. The van der Waals surface area contributed by atoms with Crippen LogP contribution in [-0.2, 0) is 11.3 Å². The Kier molecular flexibility index (Phi) is 9.38. The Morgan fingerprint density at radius 3 is 2.65 bits per heavy atom. The molecule has 0 saturated carbocycles. The van der Waals surface area contributed by atoms with Crippen LogP contribution in [0.15, 0.2) is 54.9 Å². The number of hydrogen-bond donors (Lipinski definition) is 4. The predicted octanol–water partition coefficient (Wildman–Crippen LogP) is 2.83. The SMILES string of the molecule is Cc1nccc(Nc2ncc(Cl)c(-c3ccc4c(c3)C(O)N([C@H](C)C(=O)N[C@H](CO)c3cccc(N5CCN(C)CC5)n3)C4)n2)n1. The maximum Gasteiger partial charge on any atom is 0.237 e. The zero-order valence-electron chi connectivity index (χ0n) is 25.9. The first kappa shape index (κ1) is 31.7. The van der Waals surface area contributed by atoms with Gasteiger partial charge in [-0.25, -0.2) is 24.9 Å². The smallest absolute Gasteiger partial charge is 0.237 e. The molecule has 1 unspecified atom stereocenters. The molecule has 4 N–H and O–H groups in total. The molecular weight excluding hydrogens is 608 g/mol. The van der Waals surface area contributed by atoms with E-state index in [4.69, 9.17) is 16.6 Å². The predicted molar refractivity (Wildman–Crippen MR) is 174 cm³/mol. The van der Waals surface area contributed by atoms with Gasteiger partial charge in [0.25, 0.3) is 0 Å². The number of aliphatic hydroxyl groups is 2. The summed E-state index contributed by atoms with van der Waals surface area (Å²) in [7, 11) is 2.10. The molecule has 0 aliphatic carbocycles. The van der Waals surface area contributed by atoms with Gasteiger partial charge in [-0.2, -0.15) is 0 Å². The zero-order valence-corrected chi connectivity index (χ0v) is 26.7. The average molecular weight is 645 g/mol. The lowest BCUT2D eigenvalue weighted by Crippen LogP contribution is -2.46. The van der Waals surface area contributed by atoms with Crippen molar-refractivity contribution in [3.63, 3.8) is 0 Å². The summed E-state index contributed by atoms with van der Waals surface area (Å²) in [4.78, 5) is 41.7. The molecule has 3 atom stereocenters. The summed E-state index contributed by atoms with van der Waals surface area (Å²) >= 11 is 6.50. The molecule has 2 aliphatic heterocycles. The van der Waals surface area contributed by atoms with Crippen LogP contribution in [-0.4, -0.2) is 96.7 Å². The second-order valence-electron chi connectivity index (χ2n) is 11.6. The van der Waals surface area contributed by atoms with Crippen molar-refractivity contribution < 1.29 is 15.0 Å². The van der Waals surface area contributed by atoms with Crippen molar-refractivity contribution >= 4 is 35.1 Å². The number of nitrogens with zero attached hydrogens (tertiary/aromatic N) is 8. The minimum atomic E-state index is -1.04. The minimum absolute atomic E-state index is 0.308. The number of aliphatic hydroxyl groups excluding tert-OH is 2. The molecule has 4 aromatic rings. The molecule has 46 heavy (non-hydrogen) atoms. The zero-order chi connectivity index (χ0) is 32.4. The summed E-state index contributed by atoms with van der Waals surface area (Å²) in [6.07, 6.45) is 2.12. The number of hydrogen-bond acceptors (Lipinski definition) is 12. The number of halogens is 1. The van der Waals surface area contributed by atoms with Gasteiger partial charge < -0.3 is 30.6 Å². The number of amides is 1. The van der Waals surface area contributed by atoms with Crippen LogP contribution in [0, 0.1) is 6.92 Å². The summed E-state index contributed by atoms with van der Waals surface area (Å²) in [6, 6.07) is 11.6. The highest BCUT2D eigenvalue weighted by Crippen LogP contribution is 2.37. The monoisotopic (exact) mass is 644 g/mol. The number of pyridine rings is 1. The lowest BCUT2D eigenvalue weighted by atomic mass is 10.0. The van der Waals surface area contributed by atoms with Gasteiger partial charge in [-0.1, -0.05) is 29.8 Å². The summed E-state index contributed by atoms with van der Waals surface area (Å²) in [5, 5.41) is 27.9. The average Bonchev–Trinajstić information content (AvgIpc) is 3.39. The van der Waals surface area contributed by atoms with Crippen LogP contribution in [0.1, 0.15) is 41.8 Å². The van der Waals surface area contributed by atoms with E-state index >= 15 is 0 Å². The first-order chi connectivity index (χ1) is 22.2. The molecule has 1 amide bonds. The molecule has 0 radical (unpaired) electrons. The summed E-state index contributed by atoms with van der Waals surface area (Å²) < 4.78 is 0. The van der Waals surface area contributed by atoms with Crippen LogP contribution < -0.4 is 15.5 Å². The highest BCUT2D eigenvalue weighted by atomic mass is 35.5. The molecule has 13 nitrogen and oxygen atoms in total. The Morgan fingerprint density at radius 1 is 1.09 bits per heavy atom. The van der Waals surface area contributed by atoms with Crippen molar-refractivity contribution in [2.75, 3.05) is 50.1 Å². The van der Waals surface area contributed by atoms with Gasteiger partial charge in [0.2, 0.25) is 11.9 Å². The van der Waals surface area contributed by atoms with E-state index in [9.17, 15) is 15.0 Å². The molecule has 0 bridgehead atoms. The van der Waals surface area contributed by atoms with E-state index in [1.54, 1.807) is 37.1 Å². The number of aromatic nitrogens is 5. The maximum atomic E-state index is 13.5. The third-order valence-electron chi connectivity index (χ3n) is 8.44. The number of nitrogens with one attached hydrogen (secondary N) is 2. The second kappa shape index (κ2) is 13.6. The Morgan fingerprint density at radius 2 is 1.89 bits per heavy atom. The van der Waals surface area contributed by atoms with Crippen LogP contribution in [0.4, 0.5) is 17.6 Å². The van der Waals surface area contributed by atoms with E-state index in [2.05, 4.69) is 47.4 Å². The van der Waals surface area contributed by atoms with Gasteiger partial charge in [0.15, 0.2) is 0 Å². The van der Waals surface area contributed by atoms with E-state index in [0.29, 0.717) is 51.7 Å². The summed E-state index contributed by atoms with van der Waals surface area (Å²) in [5.74, 6) is 1.97. The Balaban J connectivity index is 1.15. The van der Waals surface area contributed by atoms with Crippen molar-refractivity contribution in [2.45, 2.75) is 38.7 Å². The quantitative estimate of drug-likeness (QED) is 0.212. The van der Waals surface area contributed by atoms with Crippen molar-refractivity contribution in [2.24, 2.45) is 0 Å². The molecule has 3 aromatic heterocycles. The van der Waals surface area contributed by atoms with Crippen molar-refractivity contribution in [3.05, 3.63) is 82.5 Å². The standard InChI is InChI=1S/C32H37ClN10O3/c1-19(30(45)38-26(18-44)25-5-4-6-28(37-25)42-13-11-41(3)12-14-42)43-17-22-8-7-21(15-23(22)31(43)46)29-24(33)16-35-32(40-29)39-27-9-10-34-20(2)36-27/h4-10,15-16,19,26,31,44,46H,11-14,17-18H2,1-3H3,(H,38,45)(H,34,35,36,39,40)/t19-,26-,31?/m1/s1. The Hall–Kier alpha value is -4.27. The van der Waals surface area contributed by atoms with Crippen molar-refractivity contribution in [3.8, 4) is 11.3 Å². The number of piperazine rings is 1. The Labute approximate surface area is 272 Å². The highest BCUT2D eigenvalue weighted by molar-refractivity contribution is 6.32. The number of carbonyl (C=O) groups is 1. The Bertz CT molecular complexity index is 1720. The summed E-state index contributed by atoms with van der Waals surface area (Å²) in [6.45, 7) is 7.20.